The van der Waals surface area contributed by atoms with E-state index in [0.29, 0.717) is 33.7 Å². The summed E-state index contributed by atoms with van der Waals surface area (Å²) in [4.78, 5) is 23.7. The molecule has 0 saturated heterocycles. The number of hydrogen-bond donors (Lipinski definition) is 3. The van der Waals surface area contributed by atoms with E-state index < -0.39 is 11.9 Å². The van der Waals surface area contributed by atoms with Gasteiger partial charge in [-0.05, 0) is 49.4 Å². The number of benzene rings is 2. The van der Waals surface area contributed by atoms with Gasteiger partial charge in [-0.2, -0.15) is 0 Å². The average Bonchev–Trinajstić information content (AvgIpc) is 2.57. The van der Waals surface area contributed by atoms with Crippen LogP contribution in [-0.2, 0) is 0 Å². The molecule has 0 radical (unpaired) electrons. The van der Waals surface area contributed by atoms with Crippen LogP contribution in [0.15, 0.2) is 42.5 Å². The van der Waals surface area contributed by atoms with Crippen molar-refractivity contribution in [1.29, 1.82) is 0 Å². The van der Waals surface area contributed by atoms with Crippen LogP contribution in [0, 0.1) is 0 Å². The van der Waals surface area contributed by atoms with Crippen molar-refractivity contribution in [3.8, 4) is 5.75 Å². The van der Waals surface area contributed by atoms with E-state index in [1.54, 1.807) is 36.4 Å². The molecule has 0 unspecified atom stereocenters. The number of anilines is 1. The zero-order valence-corrected chi connectivity index (χ0v) is 14.2. The molecule has 2 aromatic carbocycles. The normalized spacial score (nSPS) is 9.96. The monoisotopic (exact) mass is 367 g/mol. The summed E-state index contributed by atoms with van der Waals surface area (Å²) < 4.78 is 5.29. The summed E-state index contributed by atoms with van der Waals surface area (Å²) in [6.45, 7) is 2.42. The Bertz CT molecular complexity index is 736. The molecule has 0 aliphatic carbocycles. The van der Waals surface area contributed by atoms with E-state index in [-0.39, 0.29) is 0 Å². The number of halogens is 2. The predicted molar refractivity (Wildman–Crippen MR) is 93.7 cm³/mol. The van der Waals surface area contributed by atoms with Gasteiger partial charge < -0.3 is 10.1 Å². The van der Waals surface area contributed by atoms with Crippen molar-refractivity contribution in [3.63, 3.8) is 0 Å². The number of hydrogen-bond acceptors (Lipinski definition) is 3. The lowest BCUT2D eigenvalue weighted by Crippen LogP contribution is -2.43. The summed E-state index contributed by atoms with van der Waals surface area (Å²) >= 11 is 11.6. The van der Waals surface area contributed by atoms with Crippen LogP contribution in [0.1, 0.15) is 17.3 Å². The van der Waals surface area contributed by atoms with Crippen LogP contribution in [0.5, 0.6) is 5.75 Å². The zero-order chi connectivity index (χ0) is 17.5. The third-order valence-corrected chi connectivity index (χ3v) is 3.63. The highest BCUT2D eigenvalue weighted by Gasteiger charge is 2.08. The quantitative estimate of drug-likeness (QED) is 0.717. The minimum Gasteiger partial charge on any atom is -0.494 e. The summed E-state index contributed by atoms with van der Waals surface area (Å²) in [5, 5.41) is 3.21. The molecule has 2 aromatic rings. The Kier molecular flexibility index (Phi) is 6.28. The van der Waals surface area contributed by atoms with Crippen LogP contribution in [0.2, 0.25) is 10.0 Å². The van der Waals surface area contributed by atoms with Gasteiger partial charge in [0.05, 0.1) is 16.7 Å². The van der Waals surface area contributed by atoms with Gasteiger partial charge in [-0.15, -0.1) is 0 Å². The van der Waals surface area contributed by atoms with Crippen LogP contribution < -0.4 is 20.9 Å². The van der Waals surface area contributed by atoms with Crippen molar-refractivity contribution in [2.75, 3.05) is 11.9 Å². The first-order valence-electron chi connectivity index (χ1n) is 7.05. The summed E-state index contributed by atoms with van der Waals surface area (Å²) in [7, 11) is 0. The molecule has 2 rings (SSSR count). The Hall–Kier alpha value is -2.44. The smallest absolute Gasteiger partial charge is 0.337 e. The number of amides is 3. The van der Waals surface area contributed by atoms with E-state index >= 15 is 0 Å². The second kappa shape index (κ2) is 8.42. The number of carbonyl (C=O) groups excluding carboxylic acids is 2. The Labute approximate surface area is 149 Å². The molecule has 3 N–H and O–H groups in total. The number of rotatable bonds is 4. The van der Waals surface area contributed by atoms with Gasteiger partial charge in [0.25, 0.3) is 5.91 Å². The van der Waals surface area contributed by atoms with Crippen molar-refractivity contribution in [3.05, 3.63) is 58.1 Å². The van der Waals surface area contributed by atoms with Gasteiger partial charge in [0.2, 0.25) is 0 Å². The summed E-state index contributed by atoms with van der Waals surface area (Å²) in [6.07, 6.45) is 0. The highest BCUT2D eigenvalue weighted by Crippen LogP contribution is 2.24. The first-order valence-corrected chi connectivity index (χ1v) is 7.80. The van der Waals surface area contributed by atoms with Crippen molar-refractivity contribution < 1.29 is 14.3 Å². The van der Waals surface area contributed by atoms with E-state index in [4.69, 9.17) is 27.9 Å². The topological polar surface area (TPSA) is 79.5 Å². The Balaban J connectivity index is 1.86. The summed E-state index contributed by atoms with van der Waals surface area (Å²) in [5.41, 5.74) is 5.37. The molecule has 6 nitrogen and oxygen atoms in total. The van der Waals surface area contributed by atoms with E-state index in [1.165, 1.54) is 6.07 Å². The molecular weight excluding hydrogens is 353 g/mol. The Morgan fingerprint density at radius 1 is 1.00 bits per heavy atom. The van der Waals surface area contributed by atoms with Gasteiger partial charge in [-0.25, -0.2) is 10.2 Å². The Morgan fingerprint density at radius 2 is 1.71 bits per heavy atom. The number of urea groups is 1. The third kappa shape index (κ3) is 5.04. The number of ether oxygens (including phenoxy) is 1. The molecule has 24 heavy (non-hydrogen) atoms. The maximum atomic E-state index is 11.9. The average molecular weight is 368 g/mol. The highest BCUT2D eigenvalue weighted by molar-refractivity contribution is 6.42. The second-order valence-corrected chi connectivity index (χ2v) is 5.43. The van der Waals surface area contributed by atoms with Gasteiger partial charge in [0.15, 0.2) is 0 Å². The van der Waals surface area contributed by atoms with Gasteiger partial charge in [-0.3, -0.25) is 10.2 Å². The van der Waals surface area contributed by atoms with Crippen LogP contribution in [0.3, 0.4) is 0 Å². The minimum absolute atomic E-state index is 0.313. The maximum absolute atomic E-state index is 11.9. The number of carbonyl (C=O) groups is 2. The zero-order valence-electron chi connectivity index (χ0n) is 12.7. The van der Waals surface area contributed by atoms with Gasteiger partial charge >= 0.3 is 6.03 Å². The van der Waals surface area contributed by atoms with Crippen molar-refractivity contribution in [1.82, 2.24) is 10.9 Å². The van der Waals surface area contributed by atoms with E-state index in [0.717, 1.165) is 0 Å². The molecule has 3 amide bonds. The fourth-order valence-electron chi connectivity index (χ4n) is 1.79. The van der Waals surface area contributed by atoms with Crippen molar-refractivity contribution >= 4 is 40.8 Å². The second-order valence-electron chi connectivity index (χ2n) is 4.62. The molecule has 0 atom stereocenters. The maximum Gasteiger partial charge on any atom is 0.337 e. The molecule has 0 heterocycles. The minimum atomic E-state index is -0.618. The lowest BCUT2D eigenvalue weighted by molar-refractivity contribution is 0.0938. The van der Waals surface area contributed by atoms with E-state index in [2.05, 4.69) is 16.2 Å². The predicted octanol–water partition coefficient (Wildman–Crippen LogP) is 3.86. The van der Waals surface area contributed by atoms with E-state index in [9.17, 15) is 9.59 Å². The fourth-order valence-corrected chi connectivity index (χ4v) is 2.09. The molecular formula is C16H15Cl2N3O3. The molecule has 0 aliphatic rings. The first kappa shape index (κ1) is 17.9. The van der Waals surface area contributed by atoms with Gasteiger partial charge in [0.1, 0.15) is 5.75 Å². The van der Waals surface area contributed by atoms with Crippen molar-refractivity contribution in [2.24, 2.45) is 0 Å². The molecule has 0 aromatic heterocycles. The molecule has 0 bridgehead atoms. The van der Waals surface area contributed by atoms with E-state index in [1.807, 2.05) is 6.92 Å². The van der Waals surface area contributed by atoms with Crippen LogP contribution in [0.25, 0.3) is 0 Å². The van der Waals surface area contributed by atoms with Crippen molar-refractivity contribution in [2.45, 2.75) is 6.92 Å². The molecule has 0 aliphatic heterocycles. The molecule has 0 saturated carbocycles. The molecule has 0 spiro atoms. The number of hydrazine groups is 1. The SMILES string of the molecule is CCOc1ccc(C(=O)NNC(=O)Nc2ccc(Cl)c(Cl)c2)cc1. The van der Waals surface area contributed by atoms with Crippen LogP contribution in [-0.4, -0.2) is 18.5 Å². The first-order chi connectivity index (χ1) is 11.5. The molecule has 0 fully saturated rings. The highest BCUT2D eigenvalue weighted by atomic mass is 35.5. The van der Waals surface area contributed by atoms with Gasteiger partial charge in [0, 0.05) is 11.3 Å². The molecule has 8 heteroatoms. The van der Waals surface area contributed by atoms with Gasteiger partial charge in [-0.1, -0.05) is 23.2 Å². The fraction of sp³-hybridized carbons (Fsp3) is 0.125. The summed E-state index contributed by atoms with van der Waals surface area (Å²) in [6, 6.07) is 10.6. The molecule has 126 valence electrons. The third-order valence-electron chi connectivity index (χ3n) is 2.89. The summed E-state index contributed by atoms with van der Waals surface area (Å²) in [5.74, 6) is 0.210. The van der Waals surface area contributed by atoms with Crippen LogP contribution >= 0.6 is 23.2 Å². The standard InChI is InChI=1S/C16H15Cl2N3O3/c1-2-24-12-6-3-10(4-7-12)15(22)20-21-16(23)19-11-5-8-13(17)14(18)9-11/h3-9H,2H2,1H3,(H,20,22)(H2,19,21,23). The largest absolute Gasteiger partial charge is 0.494 e. The van der Waals surface area contributed by atoms with Crippen LogP contribution in [0.4, 0.5) is 10.5 Å². The number of nitrogens with one attached hydrogen (secondary N) is 3. The lowest BCUT2D eigenvalue weighted by Gasteiger charge is -2.10. The Morgan fingerprint density at radius 3 is 2.33 bits per heavy atom. The lowest BCUT2D eigenvalue weighted by atomic mass is 10.2.